The third kappa shape index (κ3) is 1.05. The minimum atomic E-state index is -1.65. The Morgan fingerprint density at radius 2 is 1.59 bits per heavy atom. The van der Waals surface area contributed by atoms with E-state index in [0.29, 0.717) is 0 Å². The summed E-state index contributed by atoms with van der Waals surface area (Å²) >= 11 is 37.5. The van der Waals surface area contributed by atoms with Crippen molar-refractivity contribution < 1.29 is 9.53 Å². The molecule has 1 heterocycles. The molecular formula is C9H4Cl6O2. The zero-order valence-corrected chi connectivity index (χ0v) is 12.5. The van der Waals surface area contributed by atoms with E-state index in [1.807, 2.05) is 0 Å². The van der Waals surface area contributed by atoms with E-state index in [-0.39, 0.29) is 16.7 Å². The lowest BCUT2D eigenvalue weighted by Gasteiger charge is -2.33. The molecule has 2 nitrogen and oxygen atoms in total. The second-order valence-electron chi connectivity index (χ2n) is 4.34. The molecule has 2 aliphatic carbocycles. The van der Waals surface area contributed by atoms with Crippen LogP contribution in [-0.2, 0) is 9.53 Å². The van der Waals surface area contributed by atoms with Gasteiger partial charge in [-0.3, -0.25) is 4.79 Å². The highest BCUT2D eigenvalue weighted by Gasteiger charge is 2.85. The Morgan fingerprint density at radius 1 is 1.06 bits per heavy atom. The van der Waals surface area contributed by atoms with E-state index in [2.05, 4.69) is 0 Å². The topological polar surface area (TPSA) is 26.3 Å². The molecular weight excluding hydrogens is 353 g/mol. The van der Waals surface area contributed by atoms with Crippen molar-refractivity contribution in [3.8, 4) is 0 Å². The molecule has 4 atom stereocenters. The van der Waals surface area contributed by atoms with Crippen LogP contribution in [0.15, 0.2) is 10.1 Å². The van der Waals surface area contributed by atoms with Gasteiger partial charge in [0.15, 0.2) is 4.33 Å². The first-order valence-corrected chi connectivity index (χ1v) is 6.96. The van der Waals surface area contributed by atoms with Crippen molar-refractivity contribution in [1.82, 2.24) is 0 Å². The van der Waals surface area contributed by atoms with Crippen molar-refractivity contribution in [2.75, 3.05) is 6.61 Å². The molecule has 1 aliphatic heterocycles. The predicted molar refractivity (Wildman–Crippen MR) is 68.3 cm³/mol. The summed E-state index contributed by atoms with van der Waals surface area (Å²) in [6.07, 6.45) is 0. The summed E-state index contributed by atoms with van der Waals surface area (Å²) in [4.78, 5) is 8.83. The van der Waals surface area contributed by atoms with E-state index >= 15 is 0 Å². The second kappa shape index (κ2) is 3.34. The van der Waals surface area contributed by atoms with Crippen LogP contribution in [-0.4, -0.2) is 26.7 Å². The Balaban J connectivity index is 2.32. The average molecular weight is 357 g/mol. The zero-order valence-electron chi connectivity index (χ0n) is 7.95. The van der Waals surface area contributed by atoms with Gasteiger partial charge < -0.3 is 4.74 Å². The molecule has 0 aromatic carbocycles. The van der Waals surface area contributed by atoms with Crippen LogP contribution in [0.4, 0.5) is 0 Å². The number of hydrogen-bond donors (Lipinski definition) is 0. The molecule has 2 bridgehead atoms. The van der Waals surface area contributed by atoms with Crippen LogP contribution in [0.1, 0.15) is 0 Å². The highest BCUT2D eigenvalue weighted by Crippen LogP contribution is 2.77. The molecule has 3 rings (SSSR count). The van der Waals surface area contributed by atoms with Crippen molar-refractivity contribution in [2.45, 2.75) is 14.1 Å². The van der Waals surface area contributed by atoms with Crippen molar-refractivity contribution in [3.05, 3.63) is 10.1 Å². The van der Waals surface area contributed by atoms with Gasteiger partial charge in [-0.2, -0.15) is 0 Å². The van der Waals surface area contributed by atoms with Gasteiger partial charge in [0.1, 0.15) is 9.75 Å². The summed E-state index contributed by atoms with van der Waals surface area (Å²) in [5.74, 6) is -1.74. The summed E-state index contributed by atoms with van der Waals surface area (Å²) in [6.45, 7) is 0.0864. The van der Waals surface area contributed by atoms with Crippen LogP contribution in [0.25, 0.3) is 0 Å². The number of rotatable bonds is 0. The van der Waals surface area contributed by atoms with E-state index in [1.54, 1.807) is 0 Å². The molecule has 2 fully saturated rings. The van der Waals surface area contributed by atoms with Gasteiger partial charge in [0.05, 0.1) is 22.6 Å². The fraction of sp³-hybridized carbons (Fsp3) is 0.667. The molecule has 0 spiro atoms. The summed E-state index contributed by atoms with van der Waals surface area (Å²) in [5.41, 5.74) is 0. The molecule has 0 aromatic heterocycles. The van der Waals surface area contributed by atoms with Crippen LogP contribution < -0.4 is 0 Å². The van der Waals surface area contributed by atoms with Crippen LogP contribution in [0.3, 0.4) is 0 Å². The van der Waals surface area contributed by atoms with Crippen LogP contribution in [0.2, 0.25) is 0 Å². The highest BCUT2D eigenvalue weighted by molar-refractivity contribution is 6.66. The number of allylic oxidation sites excluding steroid dienone is 2. The molecule has 0 aromatic rings. The van der Waals surface area contributed by atoms with Crippen molar-refractivity contribution >= 4 is 75.6 Å². The Bertz CT molecular complexity index is 474. The van der Waals surface area contributed by atoms with E-state index in [1.165, 1.54) is 0 Å². The average Bonchev–Trinajstić information content (AvgIpc) is 2.73. The molecule has 1 saturated carbocycles. The Hall–Kier alpha value is 0.950. The summed E-state index contributed by atoms with van der Waals surface area (Å²) < 4.78 is 3.31. The molecule has 1 saturated heterocycles. The fourth-order valence-electron chi connectivity index (χ4n) is 2.89. The Kier molecular flexibility index (Phi) is 2.54. The van der Waals surface area contributed by atoms with Gasteiger partial charge >= 0.3 is 5.97 Å². The molecule has 0 radical (unpaired) electrons. The van der Waals surface area contributed by atoms with Crippen LogP contribution in [0.5, 0.6) is 0 Å². The van der Waals surface area contributed by atoms with Crippen LogP contribution >= 0.6 is 69.6 Å². The summed E-state index contributed by atoms with van der Waals surface area (Å²) in [6, 6.07) is 0. The van der Waals surface area contributed by atoms with Crippen LogP contribution in [0, 0.1) is 11.8 Å². The normalized spacial score (nSPS) is 50.8. The minimum absolute atomic E-state index is 0.0286. The predicted octanol–water partition coefficient (Wildman–Crippen LogP) is 3.62. The first-order chi connectivity index (χ1) is 7.70. The summed E-state index contributed by atoms with van der Waals surface area (Å²) in [7, 11) is 0. The van der Waals surface area contributed by atoms with Gasteiger partial charge in [0.25, 0.3) is 0 Å². The third-order valence-electron chi connectivity index (χ3n) is 3.75. The zero-order chi connectivity index (χ0) is 12.8. The van der Waals surface area contributed by atoms with Gasteiger partial charge in [-0.15, -0.1) is 23.2 Å². The number of hydrogen-bond acceptors (Lipinski definition) is 2. The van der Waals surface area contributed by atoms with Gasteiger partial charge in [-0.05, 0) is 0 Å². The Labute approximate surface area is 127 Å². The molecule has 94 valence electrons. The quantitative estimate of drug-likeness (QED) is 0.489. The molecule has 3 aliphatic rings. The van der Waals surface area contributed by atoms with E-state index in [9.17, 15) is 4.79 Å². The van der Waals surface area contributed by atoms with Crippen molar-refractivity contribution in [3.63, 3.8) is 0 Å². The molecule has 0 amide bonds. The maximum absolute atomic E-state index is 11.7. The lowest BCUT2D eigenvalue weighted by atomic mass is 9.84. The Morgan fingerprint density at radius 3 is 2.18 bits per heavy atom. The first kappa shape index (κ1) is 13.0. The number of alkyl halides is 4. The number of halogens is 6. The maximum atomic E-state index is 11.7. The number of fused-ring (bicyclic) bond motifs is 5. The number of carbonyl (C=O) groups excluding carboxylic acids is 1. The number of carbonyl (C=O) groups is 1. The van der Waals surface area contributed by atoms with Gasteiger partial charge in [0, 0.05) is 5.92 Å². The third-order valence-corrected chi connectivity index (χ3v) is 8.05. The highest BCUT2D eigenvalue weighted by atomic mass is 35.5. The smallest absolute Gasteiger partial charge is 0.311 e. The van der Waals surface area contributed by atoms with Gasteiger partial charge in [-0.25, -0.2) is 0 Å². The largest absolute Gasteiger partial charge is 0.465 e. The number of esters is 1. The van der Waals surface area contributed by atoms with E-state index in [0.717, 1.165) is 0 Å². The molecule has 0 N–H and O–H groups in total. The van der Waals surface area contributed by atoms with Crippen molar-refractivity contribution in [1.29, 1.82) is 0 Å². The minimum Gasteiger partial charge on any atom is -0.465 e. The monoisotopic (exact) mass is 354 g/mol. The van der Waals surface area contributed by atoms with Crippen molar-refractivity contribution in [2.24, 2.45) is 11.8 Å². The molecule has 0 unspecified atom stereocenters. The summed E-state index contributed by atoms with van der Waals surface area (Å²) in [5, 5.41) is 0.126. The number of cyclic esters (lactones) is 1. The molecule has 8 heteroatoms. The fourth-order valence-corrected chi connectivity index (χ4v) is 5.88. The molecule has 17 heavy (non-hydrogen) atoms. The first-order valence-electron chi connectivity index (χ1n) is 4.69. The second-order valence-corrected chi connectivity index (χ2v) is 7.62. The lowest BCUT2D eigenvalue weighted by molar-refractivity contribution is -0.141. The van der Waals surface area contributed by atoms with E-state index < -0.39 is 31.9 Å². The van der Waals surface area contributed by atoms with Gasteiger partial charge in [0.2, 0.25) is 0 Å². The van der Waals surface area contributed by atoms with Gasteiger partial charge in [-0.1, -0.05) is 46.4 Å². The maximum Gasteiger partial charge on any atom is 0.311 e. The van der Waals surface area contributed by atoms with E-state index in [4.69, 9.17) is 74.3 Å². The number of ether oxygens (including phenoxy) is 1. The standard InChI is InChI=1S/C9H4Cl6O2/c10-4-5(11)8(13)3-2(1-17-6(3)16)7(4,12)9(8,14)15/h2-3H,1H2/t2-,3+,7-,8-/m1/s1. The lowest BCUT2D eigenvalue weighted by Crippen LogP contribution is -2.46. The SMILES string of the molecule is O=C1OC[C@@H]2[C@@H]1[C@@]1(Cl)C(Cl)=C(Cl)[C@@]2(Cl)C1(Cl)Cl.